The largest absolute Gasteiger partial charge is 1.00 e. The maximum absolute atomic E-state index is 6.10. The standard InChI is InChI=1S/C23H32O.2ClH.Zr/c1-22(2,3)16-13-19(21(24)20(14-16)23(4,5)6)18-12-11-15-9-7-8-10-17(15)18;;;/h11-14,18,24H,7-10H2,1-6H3;2*1H;/q;;;+3/p-3. The molecule has 0 aliphatic heterocycles. The van der Waals surface area contributed by atoms with E-state index in [9.17, 15) is 0 Å². The Balaban J connectivity index is 0.00000182. The van der Waals surface area contributed by atoms with E-state index in [2.05, 4.69) is 65.8 Å². The summed E-state index contributed by atoms with van der Waals surface area (Å²) in [4.78, 5) is 0. The van der Waals surface area contributed by atoms with Crippen molar-refractivity contribution in [3.63, 3.8) is 0 Å². The molecule has 1 atom stereocenters. The molecule has 0 aromatic heterocycles. The van der Waals surface area contributed by atoms with Crippen molar-refractivity contribution in [2.75, 3.05) is 0 Å². The maximum atomic E-state index is 6.10. The number of rotatable bonds is 2. The van der Waals surface area contributed by atoms with Gasteiger partial charge in [0.2, 0.25) is 0 Å². The molecule has 4 heteroatoms. The van der Waals surface area contributed by atoms with Crippen molar-refractivity contribution in [2.45, 2.75) is 84.0 Å². The number of hydrogen-bond donors (Lipinski definition) is 0. The minimum Gasteiger partial charge on any atom is -1.00 e. The van der Waals surface area contributed by atoms with Crippen LogP contribution in [0.5, 0.6) is 5.75 Å². The molecule has 0 amide bonds. The van der Waals surface area contributed by atoms with Gasteiger partial charge in [0.05, 0.1) is 0 Å². The molecule has 2 aliphatic carbocycles. The van der Waals surface area contributed by atoms with Crippen LogP contribution in [-0.2, 0) is 36.0 Å². The normalized spacial score (nSPS) is 19.3. The van der Waals surface area contributed by atoms with E-state index >= 15 is 0 Å². The summed E-state index contributed by atoms with van der Waals surface area (Å²) in [6.07, 6.45) is 9.97. The molecule has 1 nitrogen and oxygen atoms in total. The van der Waals surface area contributed by atoms with Gasteiger partial charge in [0.1, 0.15) is 0 Å². The van der Waals surface area contributed by atoms with Crippen LogP contribution in [0.3, 0.4) is 0 Å². The predicted molar refractivity (Wildman–Crippen MR) is 102 cm³/mol. The number of benzene rings is 1. The minimum atomic E-state index is 0. The molecule has 0 fully saturated rings. The van der Waals surface area contributed by atoms with Gasteiger partial charge in [0, 0.05) is 0 Å². The SMILES string of the molecule is CC(C)(C)c1cc(C2C=CC3=C2CCCC3)c([O][Zr+2])c(C(C)(C)C)c1.[Cl-].[Cl-]. The summed E-state index contributed by atoms with van der Waals surface area (Å²) >= 11 is 1.12. The first kappa shape index (κ1) is 25.0. The molecule has 1 aromatic carbocycles. The Morgan fingerprint density at radius 2 is 1.56 bits per heavy atom. The molecule has 3 rings (SSSR count). The van der Waals surface area contributed by atoms with Crippen molar-refractivity contribution in [1.29, 1.82) is 0 Å². The molecule has 1 aromatic rings. The van der Waals surface area contributed by atoms with Gasteiger partial charge < -0.3 is 24.8 Å². The first-order valence-corrected chi connectivity index (χ1v) is 10.6. The Hall–Kier alpha value is -0.0369. The molecule has 1 unspecified atom stereocenters. The maximum Gasteiger partial charge on any atom is -1.00 e. The van der Waals surface area contributed by atoms with Gasteiger partial charge in [-0.1, -0.05) is 0 Å². The third-order valence-electron chi connectivity index (χ3n) is 5.65. The van der Waals surface area contributed by atoms with E-state index in [-0.39, 0.29) is 35.6 Å². The third kappa shape index (κ3) is 5.12. The van der Waals surface area contributed by atoms with Gasteiger partial charge in [-0.3, -0.25) is 0 Å². The van der Waals surface area contributed by atoms with Crippen molar-refractivity contribution >= 4 is 0 Å². The molecule has 0 spiro atoms. The molecular formula is C23H31Cl2OZr. The first-order chi connectivity index (χ1) is 11.6. The molecule has 0 saturated heterocycles. The average Bonchev–Trinajstić information content (AvgIpc) is 2.95. The predicted octanol–water partition coefficient (Wildman–Crippen LogP) is 0.654. The molecule has 0 saturated carbocycles. The summed E-state index contributed by atoms with van der Waals surface area (Å²) in [6.45, 7) is 13.8. The molecule has 0 heterocycles. The molecule has 0 N–H and O–H groups in total. The van der Waals surface area contributed by atoms with Crippen LogP contribution in [0.4, 0.5) is 0 Å². The van der Waals surface area contributed by atoms with E-state index in [4.69, 9.17) is 2.81 Å². The van der Waals surface area contributed by atoms with Gasteiger partial charge in [0.15, 0.2) is 0 Å². The second kappa shape index (κ2) is 9.19. The summed E-state index contributed by atoms with van der Waals surface area (Å²) in [5, 5.41) is 0. The van der Waals surface area contributed by atoms with Crippen molar-refractivity contribution in [3.8, 4) is 5.75 Å². The van der Waals surface area contributed by atoms with Gasteiger partial charge in [0.25, 0.3) is 0 Å². The Kier molecular flexibility index (Phi) is 8.51. The van der Waals surface area contributed by atoms with Crippen LogP contribution in [0.1, 0.15) is 89.8 Å². The van der Waals surface area contributed by atoms with Gasteiger partial charge in [-0.05, 0) is 0 Å². The van der Waals surface area contributed by atoms with Gasteiger partial charge in [-0.2, -0.15) is 0 Å². The van der Waals surface area contributed by atoms with Crippen LogP contribution in [0.15, 0.2) is 35.4 Å². The molecule has 147 valence electrons. The number of allylic oxidation sites excluding steroid dienone is 4. The van der Waals surface area contributed by atoms with E-state index in [0.717, 1.165) is 30.9 Å². The zero-order valence-electron chi connectivity index (χ0n) is 17.4. The fourth-order valence-corrected chi connectivity index (χ4v) is 4.66. The Bertz CT molecular complexity index is 736. The summed E-state index contributed by atoms with van der Waals surface area (Å²) in [5.41, 5.74) is 7.61. The minimum absolute atomic E-state index is 0. The first-order valence-electron chi connectivity index (χ1n) is 9.55. The van der Waals surface area contributed by atoms with Gasteiger partial charge >= 0.3 is 170 Å². The average molecular weight is 486 g/mol. The van der Waals surface area contributed by atoms with Crippen LogP contribution in [-0.4, -0.2) is 0 Å². The summed E-state index contributed by atoms with van der Waals surface area (Å²) < 4.78 is 6.10. The van der Waals surface area contributed by atoms with Crippen molar-refractivity contribution in [2.24, 2.45) is 0 Å². The zero-order chi connectivity index (χ0) is 18.4. The topological polar surface area (TPSA) is 9.23 Å². The number of hydrogen-bond acceptors (Lipinski definition) is 1. The smallest absolute Gasteiger partial charge is 1.00 e. The van der Waals surface area contributed by atoms with Crippen molar-refractivity contribution in [1.82, 2.24) is 0 Å². The summed E-state index contributed by atoms with van der Waals surface area (Å²) in [5.74, 6) is 1.54. The van der Waals surface area contributed by atoms with E-state index < -0.39 is 0 Å². The van der Waals surface area contributed by atoms with Crippen LogP contribution >= 0.6 is 0 Å². The van der Waals surface area contributed by atoms with Crippen LogP contribution in [0.25, 0.3) is 0 Å². The molecule has 0 bridgehead atoms. The van der Waals surface area contributed by atoms with E-state index in [0.29, 0.717) is 5.92 Å². The number of halogens is 2. The molecule has 2 aliphatic rings. The molecular weight excluding hydrogens is 454 g/mol. The fraction of sp³-hybridized carbons (Fsp3) is 0.565. The van der Waals surface area contributed by atoms with Crippen molar-refractivity contribution < 1.29 is 52.8 Å². The van der Waals surface area contributed by atoms with Gasteiger partial charge in [-0.15, -0.1) is 0 Å². The quantitative estimate of drug-likeness (QED) is 0.598. The van der Waals surface area contributed by atoms with Crippen LogP contribution in [0.2, 0.25) is 0 Å². The summed E-state index contributed by atoms with van der Waals surface area (Å²) in [7, 11) is 0. The van der Waals surface area contributed by atoms with Crippen LogP contribution < -0.4 is 27.6 Å². The third-order valence-corrected chi connectivity index (χ3v) is 6.15. The van der Waals surface area contributed by atoms with E-state index in [1.54, 1.807) is 11.1 Å². The second-order valence-electron chi connectivity index (χ2n) is 9.64. The monoisotopic (exact) mass is 483 g/mol. The Morgan fingerprint density at radius 3 is 2.11 bits per heavy atom. The fourth-order valence-electron chi connectivity index (χ4n) is 4.10. The van der Waals surface area contributed by atoms with E-state index in [1.165, 1.54) is 42.4 Å². The second-order valence-corrected chi connectivity index (χ2v) is 10.1. The van der Waals surface area contributed by atoms with Gasteiger partial charge in [-0.25, -0.2) is 0 Å². The van der Waals surface area contributed by atoms with E-state index in [1.807, 2.05) is 0 Å². The van der Waals surface area contributed by atoms with Crippen molar-refractivity contribution in [3.05, 3.63) is 52.1 Å². The van der Waals surface area contributed by atoms with Crippen LogP contribution in [0, 0.1) is 0 Å². The Labute approximate surface area is 193 Å². The summed E-state index contributed by atoms with van der Waals surface area (Å²) in [6, 6.07) is 4.81. The Morgan fingerprint density at radius 1 is 0.926 bits per heavy atom. The molecule has 27 heavy (non-hydrogen) atoms. The zero-order valence-corrected chi connectivity index (χ0v) is 21.3. The molecule has 0 radical (unpaired) electrons.